The van der Waals surface area contributed by atoms with Gasteiger partial charge in [0.25, 0.3) is 5.91 Å². The maximum Gasteiger partial charge on any atom is 0.291 e. The van der Waals surface area contributed by atoms with Crippen molar-refractivity contribution in [3.63, 3.8) is 0 Å². The highest BCUT2D eigenvalue weighted by Crippen LogP contribution is 2.25. The average molecular weight is 284 g/mol. The quantitative estimate of drug-likeness (QED) is 0.850. The minimum atomic E-state index is -0.0474. The molecule has 1 aromatic carbocycles. The predicted octanol–water partition coefficient (Wildman–Crippen LogP) is 3.30. The summed E-state index contributed by atoms with van der Waals surface area (Å²) in [6.07, 6.45) is 0.895. The first-order chi connectivity index (χ1) is 10.1. The molecule has 21 heavy (non-hydrogen) atoms. The normalized spacial score (nSPS) is 14.4. The van der Waals surface area contributed by atoms with Crippen LogP contribution in [0, 0.1) is 6.92 Å². The lowest BCUT2D eigenvalue weighted by Gasteiger charge is -2.28. The number of hydrogen-bond acceptors (Lipinski definition) is 3. The van der Waals surface area contributed by atoms with E-state index in [0.29, 0.717) is 18.2 Å². The number of hydrogen-bond donors (Lipinski definition) is 0. The third kappa shape index (κ3) is 2.58. The minimum absolute atomic E-state index is 0.0474. The SMILES string of the molecule is Cc1nc(C(C)C)c(C(=O)N2CCc3ccccc3C2)o1. The van der Waals surface area contributed by atoms with Crippen LogP contribution in [0.3, 0.4) is 0 Å². The second kappa shape index (κ2) is 5.35. The van der Waals surface area contributed by atoms with Crippen LogP contribution in [-0.2, 0) is 13.0 Å². The molecule has 2 heterocycles. The van der Waals surface area contributed by atoms with Gasteiger partial charge in [-0.3, -0.25) is 4.79 Å². The number of aromatic nitrogens is 1. The van der Waals surface area contributed by atoms with Gasteiger partial charge in [0.05, 0.1) is 5.69 Å². The number of amides is 1. The van der Waals surface area contributed by atoms with Crippen LogP contribution in [0.1, 0.15) is 53.0 Å². The molecule has 0 bridgehead atoms. The first kappa shape index (κ1) is 13.9. The molecule has 2 aromatic rings. The van der Waals surface area contributed by atoms with Gasteiger partial charge in [-0.2, -0.15) is 0 Å². The van der Waals surface area contributed by atoms with E-state index < -0.39 is 0 Å². The number of oxazole rings is 1. The maximum absolute atomic E-state index is 12.7. The Bertz CT molecular complexity index is 673. The second-order valence-corrected chi connectivity index (χ2v) is 5.85. The minimum Gasteiger partial charge on any atom is -0.436 e. The average Bonchev–Trinajstić information content (AvgIpc) is 2.88. The highest BCUT2D eigenvalue weighted by Gasteiger charge is 2.28. The summed E-state index contributed by atoms with van der Waals surface area (Å²) in [5.74, 6) is 1.09. The van der Waals surface area contributed by atoms with Crippen LogP contribution in [0.15, 0.2) is 28.7 Å². The first-order valence-electron chi connectivity index (χ1n) is 7.39. The third-order valence-corrected chi connectivity index (χ3v) is 3.92. The molecule has 1 aromatic heterocycles. The molecule has 1 aliphatic rings. The Labute approximate surface area is 124 Å². The van der Waals surface area contributed by atoms with E-state index in [1.54, 1.807) is 6.92 Å². The molecule has 0 radical (unpaired) electrons. The van der Waals surface area contributed by atoms with E-state index in [-0.39, 0.29) is 11.8 Å². The van der Waals surface area contributed by atoms with Gasteiger partial charge in [0.1, 0.15) is 0 Å². The van der Waals surface area contributed by atoms with Crippen LogP contribution >= 0.6 is 0 Å². The van der Waals surface area contributed by atoms with Crippen molar-refractivity contribution >= 4 is 5.91 Å². The second-order valence-electron chi connectivity index (χ2n) is 5.85. The van der Waals surface area contributed by atoms with Gasteiger partial charge < -0.3 is 9.32 Å². The van der Waals surface area contributed by atoms with Gasteiger partial charge in [0.15, 0.2) is 5.89 Å². The fourth-order valence-electron chi connectivity index (χ4n) is 2.80. The Morgan fingerprint density at radius 2 is 2.00 bits per heavy atom. The molecule has 110 valence electrons. The molecule has 3 rings (SSSR count). The van der Waals surface area contributed by atoms with E-state index in [4.69, 9.17) is 4.42 Å². The van der Waals surface area contributed by atoms with Crippen molar-refractivity contribution in [2.24, 2.45) is 0 Å². The zero-order chi connectivity index (χ0) is 15.0. The summed E-state index contributed by atoms with van der Waals surface area (Å²) >= 11 is 0. The van der Waals surface area contributed by atoms with Crippen LogP contribution in [0.4, 0.5) is 0 Å². The summed E-state index contributed by atoms with van der Waals surface area (Å²) in [5, 5.41) is 0. The number of aryl methyl sites for hydroxylation is 1. The molecular formula is C17H20N2O2. The van der Waals surface area contributed by atoms with Crippen molar-refractivity contribution in [3.8, 4) is 0 Å². The van der Waals surface area contributed by atoms with Crippen molar-refractivity contribution in [2.45, 2.75) is 39.7 Å². The van der Waals surface area contributed by atoms with Gasteiger partial charge in [-0.05, 0) is 23.5 Å². The number of carbonyl (C=O) groups excluding carboxylic acids is 1. The van der Waals surface area contributed by atoms with Crippen LogP contribution in [0.25, 0.3) is 0 Å². The van der Waals surface area contributed by atoms with Gasteiger partial charge in [0.2, 0.25) is 5.76 Å². The van der Waals surface area contributed by atoms with Gasteiger partial charge in [-0.15, -0.1) is 0 Å². The first-order valence-corrected chi connectivity index (χ1v) is 7.39. The zero-order valence-electron chi connectivity index (χ0n) is 12.7. The maximum atomic E-state index is 12.7. The van der Waals surface area contributed by atoms with Gasteiger partial charge in [-0.1, -0.05) is 38.1 Å². The Kier molecular flexibility index (Phi) is 3.53. The van der Waals surface area contributed by atoms with Gasteiger partial charge in [-0.25, -0.2) is 4.98 Å². The summed E-state index contributed by atoms with van der Waals surface area (Å²) in [7, 11) is 0. The van der Waals surface area contributed by atoms with E-state index in [1.807, 2.05) is 30.9 Å². The molecular weight excluding hydrogens is 264 g/mol. The Balaban J connectivity index is 1.87. The van der Waals surface area contributed by atoms with Gasteiger partial charge >= 0.3 is 0 Å². The van der Waals surface area contributed by atoms with E-state index in [9.17, 15) is 4.79 Å². The summed E-state index contributed by atoms with van der Waals surface area (Å²) in [5.41, 5.74) is 3.31. The lowest BCUT2D eigenvalue weighted by molar-refractivity contribution is 0.0699. The van der Waals surface area contributed by atoms with Crippen molar-refractivity contribution in [1.82, 2.24) is 9.88 Å². The largest absolute Gasteiger partial charge is 0.436 e. The molecule has 0 saturated carbocycles. The summed E-state index contributed by atoms with van der Waals surface area (Å²) in [6.45, 7) is 7.22. The number of fused-ring (bicyclic) bond motifs is 1. The monoisotopic (exact) mass is 284 g/mol. The highest BCUT2D eigenvalue weighted by atomic mass is 16.4. The van der Waals surface area contributed by atoms with E-state index in [2.05, 4.69) is 17.1 Å². The number of nitrogens with zero attached hydrogens (tertiary/aromatic N) is 2. The summed E-state index contributed by atoms with van der Waals surface area (Å²) in [4.78, 5) is 19.0. The molecule has 0 fully saturated rings. The Hall–Kier alpha value is -2.10. The van der Waals surface area contributed by atoms with E-state index >= 15 is 0 Å². The molecule has 0 spiro atoms. The number of carbonyl (C=O) groups is 1. The smallest absolute Gasteiger partial charge is 0.291 e. The molecule has 0 N–H and O–H groups in total. The lowest BCUT2D eigenvalue weighted by atomic mass is 9.99. The molecule has 4 nitrogen and oxygen atoms in total. The molecule has 1 aliphatic heterocycles. The number of benzene rings is 1. The zero-order valence-corrected chi connectivity index (χ0v) is 12.7. The van der Waals surface area contributed by atoms with Crippen molar-refractivity contribution in [3.05, 3.63) is 52.7 Å². The molecule has 1 amide bonds. The molecule has 0 aliphatic carbocycles. The Morgan fingerprint density at radius 1 is 1.29 bits per heavy atom. The van der Waals surface area contributed by atoms with Crippen molar-refractivity contribution in [1.29, 1.82) is 0 Å². The molecule has 0 unspecified atom stereocenters. The molecule has 0 saturated heterocycles. The summed E-state index contributed by atoms with van der Waals surface area (Å²) < 4.78 is 5.58. The van der Waals surface area contributed by atoms with Crippen LogP contribution in [0.2, 0.25) is 0 Å². The Morgan fingerprint density at radius 3 is 2.71 bits per heavy atom. The predicted molar refractivity (Wildman–Crippen MR) is 80.2 cm³/mol. The number of rotatable bonds is 2. The van der Waals surface area contributed by atoms with Crippen LogP contribution in [-0.4, -0.2) is 22.3 Å². The molecule has 4 heteroatoms. The van der Waals surface area contributed by atoms with Gasteiger partial charge in [0, 0.05) is 20.0 Å². The van der Waals surface area contributed by atoms with Crippen molar-refractivity contribution < 1.29 is 9.21 Å². The fourth-order valence-corrected chi connectivity index (χ4v) is 2.80. The van der Waals surface area contributed by atoms with Crippen LogP contribution in [0.5, 0.6) is 0 Å². The van der Waals surface area contributed by atoms with E-state index in [0.717, 1.165) is 18.7 Å². The topological polar surface area (TPSA) is 46.3 Å². The standard InChI is InChI=1S/C17H20N2O2/c1-11(2)15-16(21-12(3)18-15)17(20)19-9-8-13-6-4-5-7-14(13)10-19/h4-7,11H,8-10H2,1-3H3. The third-order valence-electron chi connectivity index (χ3n) is 3.92. The van der Waals surface area contributed by atoms with Crippen molar-refractivity contribution in [2.75, 3.05) is 6.54 Å². The van der Waals surface area contributed by atoms with Crippen LogP contribution < -0.4 is 0 Å². The molecule has 0 atom stereocenters. The lowest BCUT2D eigenvalue weighted by Crippen LogP contribution is -2.36. The highest BCUT2D eigenvalue weighted by molar-refractivity contribution is 5.92. The fraction of sp³-hybridized carbons (Fsp3) is 0.412. The summed E-state index contributed by atoms with van der Waals surface area (Å²) in [6, 6.07) is 8.29. The van der Waals surface area contributed by atoms with E-state index in [1.165, 1.54) is 11.1 Å².